The first kappa shape index (κ1) is 12.5. The van der Waals surface area contributed by atoms with E-state index in [0.29, 0.717) is 0 Å². The molecular formula is C14H18ClNO. The highest BCUT2D eigenvalue weighted by molar-refractivity contribution is 6.31. The van der Waals surface area contributed by atoms with Gasteiger partial charge in [0.15, 0.2) is 0 Å². The van der Waals surface area contributed by atoms with Crippen molar-refractivity contribution >= 4 is 11.6 Å². The Morgan fingerprint density at radius 2 is 2.24 bits per heavy atom. The van der Waals surface area contributed by atoms with Crippen molar-refractivity contribution in [3.05, 3.63) is 46.2 Å². The third-order valence-corrected chi connectivity index (χ3v) is 3.33. The predicted molar refractivity (Wildman–Crippen MR) is 71.3 cm³/mol. The van der Waals surface area contributed by atoms with E-state index in [2.05, 4.69) is 23.5 Å². The van der Waals surface area contributed by atoms with Crippen LogP contribution < -0.4 is 5.32 Å². The highest BCUT2D eigenvalue weighted by atomic mass is 35.5. The first-order valence-corrected chi connectivity index (χ1v) is 6.36. The highest BCUT2D eigenvalue weighted by Crippen LogP contribution is 2.31. The van der Waals surface area contributed by atoms with Crippen molar-refractivity contribution < 1.29 is 4.74 Å². The Balaban J connectivity index is 2.31. The van der Waals surface area contributed by atoms with Gasteiger partial charge < -0.3 is 10.1 Å². The molecule has 0 aliphatic carbocycles. The van der Waals surface area contributed by atoms with E-state index < -0.39 is 0 Å². The zero-order chi connectivity index (χ0) is 12.3. The average molecular weight is 252 g/mol. The first-order valence-electron chi connectivity index (χ1n) is 5.98. The fraction of sp³-hybridized carbons (Fsp3) is 0.429. The van der Waals surface area contributed by atoms with Gasteiger partial charge in [-0.15, -0.1) is 0 Å². The van der Waals surface area contributed by atoms with Crippen molar-refractivity contribution in [2.45, 2.75) is 25.8 Å². The van der Waals surface area contributed by atoms with E-state index in [4.69, 9.17) is 16.3 Å². The Morgan fingerprint density at radius 3 is 2.82 bits per heavy atom. The summed E-state index contributed by atoms with van der Waals surface area (Å²) >= 11 is 6.30. The maximum atomic E-state index is 6.30. The third kappa shape index (κ3) is 2.82. The Hall–Kier alpha value is -0.990. The minimum absolute atomic E-state index is 0.0587. The summed E-state index contributed by atoms with van der Waals surface area (Å²) < 4.78 is 5.71. The predicted octanol–water partition coefficient (Wildman–Crippen LogP) is 3.60. The lowest BCUT2D eigenvalue weighted by Crippen LogP contribution is -2.22. The number of hydrogen-bond donors (Lipinski definition) is 1. The number of benzene rings is 1. The van der Waals surface area contributed by atoms with Crippen molar-refractivity contribution in [3.8, 4) is 0 Å². The monoisotopic (exact) mass is 251 g/mol. The normalized spacial score (nSPS) is 17.2. The number of hydrogen-bond acceptors (Lipinski definition) is 2. The van der Waals surface area contributed by atoms with E-state index in [9.17, 15) is 0 Å². The molecule has 0 spiro atoms. The molecule has 1 aromatic carbocycles. The molecule has 2 nitrogen and oxygen atoms in total. The van der Waals surface area contributed by atoms with Gasteiger partial charge in [-0.3, -0.25) is 0 Å². The average Bonchev–Trinajstić information content (AvgIpc) is 2.34. The second-order valence-electron chi connectivity index (χ2n) is 4.34. The fourth-order valence-corrected chi connectivity index (χ4v) is 2.44. The van der Waals surface area contributed by atoms with E-state index in [-0.39, 0.29) is 6.04 Å². The van der Waals surface area contributed by atoms with Gasteiger partial charge >= 0.3 is 0 Å². The lowest BCUT2D eigenvalue weighted by molar-refractivity contribution is 0.169. The van der Waals surface area contributed by atoms with Crippen LogP contribution in [0.3, 0.4) is 0 Å². The summed E-state index contributed by atoms with van der Waals surface area (Å²) in [5.41, 5.74) is 2.25. The summed E-state index contributed by atoms with van der Waals surface area (Å²) in [5, 5.41) is 4.06. The molecule has 1 unspecified atom stereocenters. The molecule has 1 aliphatic heterocycles. The van der Waals surface area contributed by atoms with E-state index in [1.54, 1.807) is 0 Å². The maximum absolute atomic E-state index is 6.30. The third-order valence-electron chi connectivity index (χ3n) is 3.00. The van der Waals surface area contributed by atoms with Gasteiger partial charge in [-0.05, 0) is 50.1 Å². The van der Waals surface area contributed by atoms with Crippen LogP contribution in [0.5, 0.6) is 0 Å². The molecular weight excluding hydrogens is 234 g/mol. The summed E-state index contributed by atoms with van der Waals surface area (Å²) in [5.74, 6) is 0.990. The number of rotatable bonds is 3. The zero-order valence-corrected chi connectivity index (χ0v) is 11.1. The van der Waals surface area contributed by atoms with Gasteiger partial charge in [0.1, 0.15) is 5.76 Å². The fourth-order valence-electron chi connectivity index (χ4n) is 2.10. The molecule has 1 heterocycles. The second-order valence-corrected chi connectivity index (χ2v) is 4.75. The molecule has 1 aliphatic rings. The van der Waals surface area contributed by atoms with Crippen LogP contribution in [0.4, 0.5) is 0 Å². The van der Waals surface area contributed by atoms with E-state index in [1.165, 1.54) is 5.56 Å². The summed E-state index contributed by atoms with van der Waals surface area (Å²) in [6.07, 6.45) is 4.33. The largest absolute Gasteiger partial charge is 0.496 e. The van der Waals surface area contributed by atoms with Gasteiger partial charge in [-0.25, -0.2) is 0 Å². The molecule has 1 N–H and O–H groups in total. The van der Waals surface area contributed by atoms with Crippen molar-refractivity contribution in [3.63, 3.8) is 0 Å². The minimum atomic E-state index is 0.0587. The smallest absolute Gasteiger partial charge is 0.113 e. The maximum Gasteiger partial charge on any atom is 0.113 e. The Morgan fingerprint density at radius 1 is 1.41 bits per heavy atom. The minimum Gasteiger partial charge on any atom is -0.496 e. The number of likely N-dealkylation sites (N-methyl/N-ethyl adjacent to an activating group) is 1. The molecule has 3 heteroatoms. The quantitative estimate of drug-likeness (QED) is 0.886. The van der Waals surface area contributed by atoms with Gasteiger partial charge in [-0.2, -0.15) is 0 Å². The molecule has 0 fully saturated rings. The van der Waals surface area contributed by atoms with E-state index in [0.717, 1.165) is 35.8 Å². The Labute approximate surface area is 108 Å². The van der Waals surface area contributed by atoms with Gasteiger partial charge in [0.2, 0.25) is 0 Å². The number of nitrogens with one attached hydrogen (secondary N) is 1. The van der Waals surface area contributed by atoms with Gasteiger partial charge in [0.25, 0.3) is 0 Å². The molecule has 0 amide bonds. The summed E-state index contributed by atoms with van der Waals surface area (Å²) in [4.78, 5) is 0. The van der Waals surface area contributed by atoms with Gasteiger partial charge in [0, 0.05) is 5.02 Å². The zero-order valence-electron chi connectivity index (χ0n) is 10.3. The standard InChI is InChI=1S/C14H18ClNO/c1-10-6-7-11(12(15)9-10)14(16-2)13-5-3-4-8-17-13/h5-7,9,14,16H,3-4,8H2,1-2H3. The van der Waals surface area contributed by atoms with Crippen molar-refractivity contribution in [2.24, 2.45) is 0 Å². The van der Waals surface area contributed by atoms with Crippen molar-refractivity contribution in [1.82, 2.24) is 5.32 Å². The summed E-state index contributed by atoms with van der Waals surface area (Å²) in [7, 11) is 1.93. The number of allylic oxidation sites excluding steroid dienone is 1. The van der Waals surface area contributed by atoms with Crippen molar-refractivity contribution in [2.75, 3.05) is 13.7 Å². The van der Waals surface area contributed by atoms with E-state index >= 15 is 0 Å². The van der Waals surface area contributed by atoms with Crippen LogP contribution in [0.25, 0.3) is 0 Å². The number of ether oxygens (including phenoxy) is 1. The molecule has 92 valence electrons. The van der Waals surface area contributed by atoms with Crippen LogP contribution in [0.2, 0.25) is 5.02 Å². The van der Waals surface area contributed by atoms with Gasteiger partial charge in [-0.1, -0.05) is 23.7 Å². The lowest BCUT2D eigenvalue weighted by Gasteiger charge is -2.24. The molecule has 0 radical (unpaired) electrons. The molecule has 17 heavy (non-hydrogen) atoms. The lowest BCUT2D eigenvalue weighted by atomic mass is 10.0. The van der Waals surface area contributed by atoms with Crippen LogP contribution >= 0.6 is 11.6 Å². The van der Waals surface area contributed by atoms with E-state index in [1.807, 2.05) is 20.0 Å². The van der Waals surface area contributed by atoms with Crippen LogP contribution in [0.15, 0.2) is 30.0 Å². The van der Waals surface area contributed by atoms with Crippen LogP contribution in [-0.4, -0.2) is 13.7 Å². The second kappa shape index (κ2) is 5.56. The molecule has 0 saturated heterocycles. The molecule has 0 aromatic heterocycles. The molecule has 2 rings (SSSR count). The Bertz CT molecular complexity index is 428. The molecule has 1 atom stereocenters. The van der Waals surface area contributed by atoms with Crippen LogP contribution in [0, 0.1) is 6.92 Å². The highest BCUT2D eigenvalue weighted by Gasteiger charge is 2.20. The molecule has 0 bridgehead atoms. The van der Waals surface area contributed by atoms with Gasteiger partial charge in [0.05, 0.1) is 12.6 Å². The Kier molecular flexibility index (Phi) is 4.08. The summed E-state index contributed by atoms with van der Waals surface area (Å²) in [6, 6.07) is 6.19. The van der Waals surface area contributed by atoms with Crippen molar-refractivity contribution in [1.29, 1.82) is 0 Å². The van der Waals surface area contributed by atoms with Crippen LogP contribution in [-0.2, 0) is 4.74 Å². The molecule has 1 aromatic rings. The number of halogens is 1. The summed E-state index contributed by atoms with van der Waals surface area (Å²) in [6.45, 7) is 2.84. The topological polar surface area (TPSA) is 21.3 Å². The number of aryl methyl sites for hydroxylation is 1. The first-order chi connectivity index (χ1) is 8.22. The van der Waals surface area contributed by atoms with Crippen LogP contribution in [0.1, 0.15) is 30.0 Å². The SMILES string of the molecule is CNC(C1=CCCCO1)c1ccc(C)cc1Cl. The molecule has 0 saturated carbocycles.